The van der Waals surface area contributed by atoms with E-state index in [1.165, 1.54) is 0 Å². The van der Waals surface area contributed by atoms with Crippen LogP contribution in [0.4, 0.5) is 0 Å². The van der Waals surface area contributed by atoms with Crippen molar-refractivity contribution in [3.63, 3.8) is 0 Å². The van der Waals surface area contributed by atoms with Crippen molar-refractivity contribution >= 4 is 12.4 Å². The minimum atomic E-state index is -2.46. The van der Waals surface area contributed by atoms with Crippen LogP contribution in [0.25, 0.3) is 0 Å². The van der Waals surface area contributed by atoms with E-state index in [9.17, 15) is 9.67 Å². The lowest BCUT2D eigenvalue weighted by atomic mass is 9.86. The lowest BCUT2D eigenvalue weighted by Crippen LogP contribution is -2.45. The van der Waals surface area contributed by atoms with Gasteiger partial charge in [0.25, 0.3) is 0 Å². The predicted molar refractivity (Wildman–Crippen MR) is 75.6 cm³/mol. The summed E-state index contributed by atoms with van der Waals surface area (Å²) in [5.41, 5.74) is -1.18. The van der Waals surface area contributed by atoms with E-state index in [0.29, 0.717) is 12.6 Å². The summed E-state index contributed by atoms with van der Waals surface area (Å²) in [6.07, 6.45) is 6.33. The van der Waals surface area contributed by atoms with Crippen LogP contribution in [0.1, 0.15) is 20.3 Å². The van der Waals surface area contributed by atoms with E-state index < -0.39 is 12.7 Å². The van der Waals surface area contributed by atoms with Gasteiger partial charge in [-0.2, -0.15) is 0 Å². The molecule has 18 heavy (non-hydrogen) atoms. The van der Waals surface area contributed by atoms with Gasteiger partial charge in [0.05, 0.1) is 0 Å². The monoisotopic (exact) mass is 262 g/mol. The molecule has 1 aromatic carbocycles. The largest absolute Gasteiger partial charge is 0.377 e. The summed E-state index contributed by atoms with van der Waals surface area (Å²) in [7, 11) is -2.46. The Morgan fingerprint density at radius 3 is 2.56 bits per heavy atom. The van der Waals surface area contributed by atoms with Gasteiger partial charge in [0, 0.05) is 23.0 Å². The molecule has 1 aliphatic heterocycles. The Morgan fingerprint density at radius 2 is 2.00 bits per heavy atom. The quantitative estimate of drug-likeness (QED) is 0.623. The number of benzene rings is 1. The number of rotatable bonds is 1. The van der Waals surface area contributed by atoms with Crippen molar-refractivity contribution in [1.82, 2.24) is 0 Å². The highest BCUT2D eigenvalue weighted by Gasteiger charge is 2.48. The van der Waals surface area contributed by atoms with Crippen molar-refractivity contribution in [2.75, 3.05) is 6.16 Å². The summed E-state index contributed by atoms with van der Waals surface area (Å²) in [5.74, 6) is 2.35. The molecule has 0 aromatic heterocycles. The van der Waals surface area contributed by atoms with Gasteiger partial charge in [-0.25, -0.2) is 0 Å². The maximum absolute atomic E-state index is 13.2. The third-order valence-electron chi connectivity index (χ3n) is 4.12. The second-order valence-electron chi connectivity index (χ2n) is 5.34. The average Bonchev–Trinajstić information content (AvgIpc) is 2.37. The van der Waals surface area contributed by atoms with Crippen molar-refractivity contribution in [2.24, 2.45) is 5.92 Å². The molecule has 1 heterocycles. The zero-order chi connectivity index (χ0) is 13.4. The summed E-state index contributed by atoms with van der Waals surface area (Å²) in [4.78, 5) is 0. The van der Waals surface area contributed by atoms with E-state index in [1.54, 1.807) is 0 Å². The van der Waals surface area contributed by atoms with Crippen LogP contribution in [-0.2, 0) is 4.57 Å². The maximum atomic E-state index is 13.2. The first-order valence-corrected chi connectivity index (χ1v) is 8.23. The van der Waals surface area contributed by atoms with Crippen LogP contribution in [-0.4, -0.2) is 22.5 Å². The first-order chi connectivity index (χ1) is 8.42. The zero-order valence-corrected chi connectivity index (χ0v) is 11.7. The molecule has 1 aliphatic rings. The first kappa shape index (κ1) is 13.4. The third kappa shape index (κ3) is 2.03. The first-order valence-electron chi connectivity index (χ1n) is 6.27. The highest BCUT2D eigenvalue weighted by atomic mass is 31.2. The predicted octanol–water partition coefficient (Wildman–Crippen LogP) is 2.47. The SMILES string of the molecule is C#CC1(O)CC(C)P(=O)(c2ccccc2)CC1C. The van der Waals surface area contributed by atoms with Gasteiger partial charge in [-0.1, -0.05) is 50.1 Å². The Bertz CT molecular complexity index is 517. The molecule has 2 rings (SSSR count). The standard InChI is InChI=1S/C15H19O2P/c1-4-15(16)10-13(3)18(17,11-12(15)2)14-8-6-5-7-9-14/h1,5-9,12-13,16H,10-11H2,2-3H3. The van der Waals surface area contributed by atoms with E-state index in [1.807, 2.05) is 44.2 Å². The van der Waals surface area contributed by atoms with E-state index >= 15 is 0 Å². The van der Waals surface area contributed by atoms with Crippen molar-refractivity contribution in [3.8, 4) is 12.3 Å². The molecule has 0 aliphatic carbocycles. The fraction of sp³-hybridized carbons (Fsp3) is 0.467. The van der Waals surface area contributed by atoms with Crippen LogP contribution in [0, 0.1) is 18.3 Å². The Labute approximate surface area is 109 Å². The van der Waals surface area contributed by atoms with E-state index in [4.69, 9.17) is 6.42 Å². The van der Waals surface area contributed by atoms with Crippen LogP contribution < -0.4 is 5.30 Å². The normalized spacial score (nSPS) is 40.1. The lowest BCUT2D eigenvalue weighted by molar-refractivity contribution is 0.0402. The molecule has 0 saturated carbocycles. The molecule has 96 valence electrons. The van der Waals surface area contributed by atoms with Gasteiger partial charge in [-0.05, 0) is 6.42 Å². The van der Waals surface area contributed by atoms with Gasteiger partial charge in [0.15, 0.2) is 0 Å². The number of aliphatic hydroxyl groups is 1. The molecule has 0 amide bonds. The second kappa shape index (κ2) is 4.57. The van der Waals surface area contributed by atoms with Crippen LogP contribution in [0.15, 0.2) is 30.3 Å². The molecule has 1 fully saturated rings. The van der Waals surface area contributed by atoms with Crippen LogP contribution in [0.5, 0.6) is 0 Å². The van der Waals surface area contributed by atoms with Crippen molar-refractivity contribution < 1.29 is 9.67 Å². The van der Waals surface area contributed by atoms with Crippen molar-refractivity contribution in [3.05, 3.63) is 30.3 Å². The molecule has 4 atom stereocenters. The van der Waals surface area contributed by atoms with Gasteiger partial charge in [-0.3, -0.25) is 0 Å². The minimum absolute atomic E-state index is 0.0721. The number of hydrogen-bond acceptors (Lipinski definition) is 2. The van der Waals surface area contributed by atoms with Crippen LogP contribution in [0.2, 0.25) is 0 Å². The molecule has 2 nitrogen and oxygen atoms in total. The molecule has 0 spiro atoms. The lowest BCUT2D eigenvalue weighted by Gasteiger charge is -2.42. The van der Waals surface area contributed by atoms with Gasteiger partial charge < -0.3 is 9.67 Å². The van der Waals surface area contributed by atoms with Gasteiger partial charge in [0.2, 0.25) is 0 Å². The summed E-state index contributed by atoms with van der Waals surface area (Å²) < 4.78 is 13.2. The fourth-order valence-electron chi connectivity index (χ4n) is 2.78. The fourth-order valence-corrected chi connectivity index (χ4v) is 6.22. The van der Waals surface area contributed by atoms with Gasteiger partial charge >= 0.3 is 0 Å². The molecular weight excluding hydrogens is 243 g/mol. The Kier molecular flexibility index (Phi) is 3.41. The molecule has 0 radical (unpaired) electrons. The summed E-state index contributed by atoms with van der Waals surface area (Å²) >= 11 is 0. The highest BCUT2D eigenvalue weighted by molar-refractivity contribution is 7.72. The van der Waals surface area contributed by atoms with Crippen LogP contribution >= 0.6 is 7.14 Å². The number of hydrogen-bond donors (Lipinski definition) is 1. The summed E-state index contributed by atoms with van der Waals surface area (Å²) in [5, 5.41) is 11.2. The topological polar surface area (TPSA) is 37.3 Å². The maximum Gasteiger partial charge on any atom is 0.128 e. The van der Waals surface area contributed by atoms with Crippen molar-refractivity contribution in [2.45, 2.75) is 31.5 Å². The minimum Gasteiger partial charge on any atom is -0.377 e. The molecule has 1 N–H and O–H groups in total. The van der Waals surface area contributed by atoms with Crippen LogP contribution in [0.3, 0.4) is 0 Å². The molecule has 1 saturated heterocycles. The Hall–Kier alpha value is -1.03. The second-order valence-corrected chi connectivity index (χ2v) is 8.69. The van der Waals surface area contributed by atoms with Gasteiger partial charge in [0.1, 0.15) is 12.7 Å². The third-order valence-corrected chi connectivity index (χ3v) is 7.99. The van der Waals surface area contributed by atoms with E-state index in [-0.39, 0.29) is 11.6 Å². The van der Waals surface area contributed by atoms with E-state index in [0.717, 1.165) is 5.30 Å². The molecular formula is C15H19O2P. The molecule has 4 unspecified atom stereocenters. The molecule has 0 bridgehead atoms. The summed E-state index contributed by atoms with van der Waals surface area (Å²) in [6, 6.07) is 9.59. The average molecular weight is 262 g/mol. The molecule has 1 aromatic rings. The number of terminal acetylenes is 1. The van der Waals surface area contributed by atoms with Crippen molar-refractivity contribution in [1.29, 1.82) is 0 Å². The Balaban J connectivity index is 2.39. The summed E-state index contributed by atoms with van der Waals surface area (Å²) in [6.45, 7) is 3.82. The van der Waals surface area contributed by atoms with Gasteiger partial charge in [-0.15, -0.1) is 6.42 Å². The highest BCUT2D eigenvalue weighted by Crippen LogP contribution is 2.58. The zero-order valence-electron chi connectivity index (χ0n) is 10.8. The van der Waals surface area contributed by atoms with E-state index in [2.05, 4.69) is 5.92 Å². The molecule has 3 heteroatoms. The Morgan fingerprint density at radius 1 is 1.39 bits per heavy atom. The smallest absolute Gasteiger partial charge is 0.128 e.